The van der Waals surface area contributed by atoms with Gasteiger partial charge in [0.05, 0.1) is 16.8 Å². The van der Waals surface area contributed by atoms with Gasteiger partial charge in [-0.2, -0.15) is 0 Å². The van der Waals surface area contributed by atoms with Crippen molar-refractivity contribution in [1.82, 2.24) is 4.98 Å². The number of thiazole rings is 1. The van der Waals surface area contributed by atoms with Crippen LogP contribution in [0.5, 0.6) is 5.75 Å². The Balaban J connectivity index is 2.28. The highest BCUT2D eigenvalue weighted by Crippen LogP contribution is 2.37. The van der Waals surface area contributed by atoms with E-state index in [4.69, 9.17) is 4.74 Å². The number of benzene rings is 2. The maximum Gasteiger partial charge on any atom is 0.183 e. The van der Waals surface area contributed by atoms with Crippen LogP contribution in [-0.2, 0) is 0 Å². The monoisotopic (exact) mass is 272 g/mol. The Bertz CT molecular complexity index is 721. The molecule has 0 bridgehead atoms. The van der Waals surface area contributed by atoms with E-state index in [2.05, 4.69) is 35.4 Å². The summed E-state index contributed by atoms with van der Waals surface area (Å²) >= 11 is 1.66. The van der Waals surface area contributed by atoms with E-state index in [9.17, 15) is 0 Å². The zero-order valence-corrected chi connectivity index (χ0v) is 11.9. The first kappa shape index (κ1) is 12.2. The third-order valence-corrected chi connectivity index (χ3v) is 4.06. The Labute approximate surface area is 116 Å². The van der Waals surface area contributed by atoms with Gasteiger partial charge in [-0.3, -0.25) is 0 Å². The summed E-state index contributed by atoms with van der Waals surface area (Å²) < 4.78 is 7.04. The van der Waals surface area contributed by atoms with Crippen molar-refractivity contribution in [3.05, 3.63) is 30.3 Å². The summed E-state index contributed by atoms with van der Waals surface area (Å²) in [7, 11) is 1.90. The third-order valence-electron chi connectivity index (χ3n) is 3.04. The van der Waals surface area contributed by atoms with E-state index < -0.39 is 0 Å². The number of nitrogens with one attached hydrogen (secondary N) is 1. The molecule has 0 aliphatic carbocycles. The van der Waals surface area contributed by atoms with Gasteiger partial charge in [-0.1, -0.05) is 42.5 Å². The summed E-state index contributed by atoms with van der Waals surface area (Å²) in [4.78, 5) is 4.63. The highest BCUT2D eigenvalue weighted by Gasteiger charge is 2.11. The van der Waals surface area contributed by atoms with Gasteiger partial charge in [0.2, 0.25) is 0 Å². The minimum absolute atomic E-state index is 0.743. The molecule has 0 saturated carbocycles. The van der Waals surface area contributed by atoms with Crippen molar-refractivity contribution in [3.63, 3.8) is 0 Å². The van der Waals surface area contributed by atoms with Crippen molar-refractivity contribution in [3.8, 4) is 5.75 Å². The molecule has 0 aliphatic heterocycles. The van der Waals surface area contributed by atoms with E-state index in [-0.39, 0.29) is 0 Å². The molecule has 2 aromatic carbocycles. The van der Waals surface area contributed by atoms with Crippen LogP contribution >= 0.6 is 11.3 Å². The van der Waals surface area contributed by atoms with Gasteiger partial charge in [-0.15, -0.1) is 0 Å². The van der Waals surface area contributed by atoms with E-state index in [1.165, 1.54) is 0 Å². The van der Waals surface area contributed by atoms with Crippen LogP contribution in [0.1, 0.15) is 13.3 Å². The maximum atomic E-state index is 5.88. The van der Waals surface area contributed by atoms with Crippen molar-refractivity contribution >= 4 is 37.5 Å². The summed E-state index contributed by atoms with van der Waals surface area (Å²) in [5.74, 6) is 0.955. The summed E-state index contributed by atoms with van der Waals surface area (Å²) in [6, 6.07) is 10.4. The number of rotatable bonds is 4. The molecule has 0 atom stereocenters. The van der Waals surface area contributed by atoms with Crippen LogP contribution in [0.25, 0.3) is 21.0 Å². The second kappa shape index (κ2) is 5.05. The lowest BCUT2D eigenvalue weighted by Crippen LogP contribution is -1.95. The second-order valence-electron chi connectivity index (χ2n) is 4.38. The lowest BCUT2D eigenvalue weighted by molar-refractivity contribution is 0.321. The van der Waals surface area contributed by atoms with E-state index in [1.807, 2.05) is 19.2 Å². The van der Waals surface area contributed by atoms with Gasteiger partial charge >= 0.3 is 0 Å². The fraction of sp³-hybridized carbons (Fsp3) is 0.267. The van der Waals surface area contributed by atoms with Gasteiger partial charge in [-0.25, -0.2) is 4.98 Å². The van der Waals surface area contributed by atoms with Crippen molar-refractivity contribution in [2.75, 3.05) is 19.0 Å². The predicted octanol–water partition coefficient (Wildman–Crippen LogP) is 4.28. The summed E-state index contributed by atoms with van der Waals surface area (Å²) in [5.41, 5.74) is 1.05. The van der Waals surface area contributed by atoms with Crippen LogP contribution in [0.2, 0.25) is 0 Å². The topological polar surface area (TPSA) is 34.1 Å². The molecule has 3 rings (SSSR count). The Hall–Kier alpha value is -1.81. The molecule has 19 heavy (non-hydrogen) atoms. The Morgan fingerprint density at radius 3 is 2.79 bits per heavy atom. The lowest BCUT2D eigenvalue weighted by Gasteiger charge is -2.08. The average molecular weight is 272 g/mol. The quantitative estimate of drug-likeness (QED) is 0.769. The van der Waals surface area contributed by atoms with E-state index >= 15 is 0 Å². The molecular formula is C15H16N2OS. The zero-order chi connectivity index (χ0) is 13.2. The zero-order valence-electron chi connectivity index (χ0n) is 11.1. The van der Waals surface area contributed by atoms with Crippen molar-refractivity contribution < 1.29 is 4.74 Å². The van der Waals surface area contributed by atoms with Crippen molar-refractivity contribution in [2.45, 2.75) is 13.3 Å². The third kappa shape index (κ3) is 2.12. The van der Waals surface area contributed by atoms with Crippen LogP contribution in [0.3, 0.4) is 0 Å². The van der Waals surface area contributed by atoms with Crippen molar-refractivity contribution in [2.24, 2.45) is 0 Å². The predicted molar refractivity (Wildman–Crippen MR) is 82.5 cm³/mol. The second-order valence-corrected chi connectivity index (χ2v) is 5.42. The summed E-state index contributed by atoms with van der Waals surface area (Å²) in [6.45, 7) is 2.86. The molecule has 3 aromatic rings. The number of ether oxygens (including phenoxy) is 1. The molecule has 1 heterocycles. The summed E-state index contributed by atoms with van der Waals surface area (Å²) in [6.07, 6.45) is 1.01. The van der Waals surface area contributed by atoms with Gasteiger partial charge in [-0.05, 0) is 6.42 Å². The number of hydrogen-bond donors (Lipinski definition) is 1. The molecule has 98 valence electrons. The molecule has 0 aliphatic rings. The van der Waals surface area contributed by atoms with Crippen LogP contribution < -0.4 is 10.1 Å². The number of anilines is 1. The molecule has 0 unspecified atom stereocenters. The van der Waals surface area contributed by atoms with Gasteiger partial charge in [0.1, 0.15) is 5.75 Å². The molecule has 0 saturated heterocycles. The summed E-state index contributed by atoms with van der Waals surface area (Å²) in [5, 5.41) is 6.34. The number of fused-ring (bicyclic) bond motifs is 3. The molecule has 0 amide bonds. The lowest BCUT2D eigenvalue weighted by atomic mass is 10.1. The van der Waals surface area contributed by atoms with Gasteiger partial charge < -0.3 is 10.1 Å². The Kier molecular flexibility index (Phi) is 3.25. The SMILES string of the molecule is CCCOc1cc2sc(NC)nc2c2ccccc12. The minimum atomic E-state index is 0.743. The van der Waals surface area contributed by atoms with E-state index in [0.717, 1.165) is 44.9 Å². The number of hydrogen-bond acceptors (Lipinski definition) is 4. The molecular weight excluding hydrogens is 256 g/mol. The van der Waals surface area contributed by atoms with E-state index in [1.54, 1.807) is 11.3 Å². The highest BCUT2D eigenvalue weighted by atomic mass is 32.1. The van der Waals surface area contributed by atoms with Gasteiger partial charge in [0.25, 0.3) is 0 Å². The smallest absolute Gasteiger partial charge is 0.183 e. The molecule has 4 heteroatoms. The molecule has 3 nitrogen and oxygen atoms in total. The van der Waals surface area contributed by atoms with Crippen LogP contribution in [0.4, 0.5) is 5.13 Å². The molecule has 0 radical (unpaired) electrons. The normalized spacial score (nSPS) is 11.1. The van der Waals surface area contributed by atoms with E-state index in [0.29, 0.717) is 0 Å². The maximum absolute atomic E-state index is 5.88. The average Bonchev–Trinajstić information content (AvgIpc) is 2.88. The largest absolute Gasteiger partial charge is 0.493 e. The highest BCUT2D eigenvalue weighted by molar-refractivity contribution is 7.22. The standard InChI is InChI=1S/C15H16N2OS/c1-3-8-18-12-9-13-14(17-15(16-2)19-13)11-7-5-4-6-10(11)12/h4-7,9H,3,8H2,1-2H3,(H,16,17). The fourth-order valence-electron chi connectivity index (χ4n) is 2.16. The first-order chi connectivity index (χ1) is 9.33. The Morgan fingerprint density at radius 1 is 1.26 bits per heavy atom. The van der Waals surface area contributed by atoms with Gasteiger partial charge in [0, 0.05) is 23.9 Å². The number of aromatic nitrogens is 1. The Morgan fingerprint density at radius 2 is 2.05 bits per heavy atom. The minimum Gasteiger partial charge on any atom is -0.493 e. The van der Waals surface area contributed by atoms with Crippen LogP contribution in [0.15, 0.2) is 30.3 Å². The molecule has 0 spiro atoms. The molecule has 1 N–H and O–H groups in total. The van der Waals surface area contributed by atoms with Crippen molar-refractivity contribution in [1.29, 1.82) is 0 Å². The van der Waals surface area contributed by atoms with Gasteiger partial charge in [0.15, 0.2) is 5.13 Å². The first-order valence-corrected chi connectivity index (χ1v) is 7.28. The fourth-order valence-corrected chi connectivity index (χ4v) is 3.03. The van der Waals surface area contributed by atoms with Crippen LogP contribution in [0, 0.1) is 0 Å². The molecule has 1 aromatic heterocycles. The first-order valence-electron chi connectivity index (χ1n) is 6.46. The van der Waals surface area contributed by atoms with Crippen LogP contribution in [-0.4, -0.2) is 18.6 Å². The number of nitrogens with zero attached hydrogens (tertiary/aromatic N) is 1. The molecule has 0 fully saturated rings.